The molecule has 33 heavy (non-hydrogen) atoms. The van der Waals surface area contributed by atoms with Gasteiger partial charge in [-0.15, -0.1) is 0 Å². The molecule has 1 atom stereocenters. The van der Waals surface area contributed by atoms with E-state index in [0.717, 1.165) is 26.9 Å². The number of nitrogens with zero attached hydrogens (tertiary/aromatic N) is 1. The first kappa shape index (κ1) is 21.1. The van der Waals surface area contributed by atoms with E-state index in [0.29, 0.717) is 29.5 Å². The standard InChI is InChI=1S/C23H21ClN4O5/c24-15-2-3-17-16(8-15)14(10-26-17)5-6-25-21(29)9-18-22(30)28(23(31)27-18)11-13-1-4-19-20(7-13)33-12-32-19/h1-4,7-8,10,18,26H,5-6,9,11-12H2,(H,25,29)(H,27,31)/t18-/m0/s1. The molecule has 3 heterocycles. The normalized spacial score (nSPS) is 17.0. The second kappa shape index (κ2) is 8.67. The Morgan fingerprint density at radius 3 is 2.88 bits per heavy atom. The fourth-order valence-electron chi connectivity index (χ4n) is 4.04. The molecule has 3 N–H and O–H groups in total. The number of hydrogen-bond donors (Lipinski definition) is 3. The zero-order valence-electron chi connectivity index (χ0n) is 17.5. The molecule has 0 radical (unpaired) electrons. The SMILES string of the molecule is O=C(C[C@@H]1NC(=O)N(Cc2ccc3c(c2)OCO3)C1=O)NCCc1c[nH]c2ccc(Cl)cc12. The lowest BCUT2D eigenvalue weighted by Crippen LogP contribution is -2.37. The molecule has 1 saturated heterocycles. The average molecular weight is 469 g/mol. The number of H-pyrrole nitrogens is 1. The molecular formula is C23H21ClN4O5. The molecule has 3 aromatic rings. The molecule has 2 aromatic carbocycles. The smallest absolute Gasteiger partial charge is 0.325 e. The molecule has 2 aliphatic rings. The van der Waals surface area contributed by atoms with Crippen LogP contribution in [0.4, 0.5) is 4.79 Å². The van der Waals surface area contributed by atoms with Gasteiger partial charge in [0, 0.05) is 28.7 Å². The van der Waals surface area contributed by atoms with Gasteiger partial charge >= 0.3 is 6.03 Å². The first-order chi connectivity index (χ1) is 16.0. The minimum atomic E-state index is -0.890. The predicted octanol–water partition coefficient (Wildman–Crippen LogP) is 2.72. The van der Waals surface area contributed by atoms with Gasteiger partial charge in [0.25, 0.3) is 5.91 Å². The van der Waals surface area contributed by atoms with E-state index < -0.39 is 18.0 Å². The number of amides is 4. The van der Waals surface area contributed by atoms with Crippen LogP contribution in [0.2, 0.25) is 5.02 Å². The summed E-state index contributed by atoms with van der Waals surface area (Å²) in [7, 11) is 0. The van der Waals surface area contributed by atoms with Crippen LogP contribution in [0.1, 0.15) is 17.5 Å². The van der Waals surface area contributed by atoms with Crippen molar-refractivity contribution < 1.29 is 23.9 Å². The third kappa shape index (κ3) is 4.31. The van der Waals surface area contributed by atoms with E-state index in [9.17, 15) is 14.4 Å². The summed E-state index contributed by atoms with van der Waals surface area (Å²) in [6.45, 7) is 0.629. The second-order valence-corrected chi connectivity index (χ2v) is 8.36. The van der Waals surface area contributed by atoms with Crippen LogP contribution in [-0.4, -0.2) is 47.1 Å². The number of urea groups is 1. The zero-order valence-corrected chi connectivity index (χ0v) is 18.3. The Hall–Kier alpha value is -3.72. The van der Waals surface area contributed by atoms with Crippen molar-refractivity contribution >= 4 is 40.3 Å². The molecule has 1 fully saturated rings. The highest BCUT2D eigenvalue weighted by molar-refractivity contribution is 6.31. The second-order valence-electron chi connectivity index (χ2n) is 7.92. The van der Waals surface area contributed by atoms with Crippen molar-refractivity contribution in [3.63, 3.8) is 0 Å². The van der Waals surface area contributed by atoms with Crippen molar-refractivity contribution in [2.24, 2.45) is 0 Å². The molecular weight excluding hydrogens is 448 g/mol. The molecule has 2 aliphatic heterocycles. The largest absolute Gasteiger partial charge is 0.454 e. The Bertz CT molecular complexity index is 1260. The van der Waals surface area contributed by atoms with Gasteiger partial charge in [-0.25, -0.2) is 4.79 Å². The molecule has 0 unspecified atom stereocenters. The van der Waals surface area contributed by atoms with Crippen molar-refractivity contribution in [2.75, 3.05) is 13.3 Å². The molecule has 0 aliphatic carbocycles. The molecule has 170 valence electrons. The number of fused-ring (bicyclic) bond motifs is 2. The third-order valence-electron chi connectivity index (χ3n) is 5.72. The highest BCUT2D eigenvalue weighted by atomic mass is 35.5. The number of hydrogen-bond acceptors (Lipinski definition) is 5. The van der Waals surface area contributed by atoms with E-state index in [2.05, 4.69) is 15.6 Å². The number of ether oxygens (including phenoxy) is 2. The summed E-state index contributed by atoms with van der Waals surface area (Å²) in [5.74, 6) is 0.463. The molecule has 0 spiro atoms. The van der Waals surface area contributed by atoms with E-state index in [4.69, 9.17) is 21.1 Å². The number of aromatic nitrogens is 1. The molecule has 10 heteroatoms. The summed E-state index contributed by atoms with van der Waals surface area (Å²) in [5, 5.41) is 7.06. The van der Waals surface area contributed by atoms with Gasteiger partial charge in [0.2, 0.25) is 12.7 Å². The number of nitrogens with one attached hydrogen (secondary N) is 3. The number of imide groups is 1. The third-order valence-corrected chi connectivity index (χ3v) is 5.96. The van der Waals surface area contributed by atoms with Crippen LogP contribution in [-0.2, 0) is 22.6 Å². The van der Waals surface area contributed by atoms with Gasteiger partial charge in [0.1, 0.15) is 6.04 Å². The summed E-state index contributed by atoms with van der Waals surface area (Å²) >= 11 is 6.07. The van der Waals surface area contributed by atoms with Gasteiger partial charge in [0.05, 0.1) is 13.0 Å². The Balaban J connectivity index is 1.14. The molecule has 1 aromatic heterocycles. The lowest BCUT2D eigenvalue weighted by Gasteiger charge is -2.13. The highest BCUT2D eigenvalue weighted by Crippen LogP contribution is 2.33. The fourth-order valence-corrected chi connectivity index (χ4v) is 4.21. The van der Waals surface area contributed by atoms with E-state index in [1.807, 2.05) is 24.4 Å². The molecule has 9 nitrogen and oxygen atoms in total. The quantitative estimate of drug-likeness (QED) is 0.461. The van der Waals surface area contributed by atoms with Crippen LogP contribution < -0.4 is 20.1 Å². The number of aromatic amines is 1. The lowest BCUT2D eigenvalue weighted by atomic mass is 10.1. The lowest BCUT2D eigenvalue weighted by molar-refractivity contribution is -0.131. The zero-order chi connectivity index (χ0) is 22.9. The number of halogens is 1. The number of carbonyl (C=O) groups is 3. The van der Waals surface area contributed by atoms with Gasteiger partial charge in [-0.3, -0.25) is 14.5 Å². The van der Waals surface area contributed by atoms with Crippen LogP contribution in [0.25, 0.3) is 10.9 Å². The van der Waals surface area contributed by atoms with Crippen molar-refractivity contribution in [1.29, 1.82) is 0 Å². The van der Waals surface area contributed by atoms with Crippen LogP contribution in [0, 0.1) is 0 Å². The monoisotopic (exact) mass is 468 g/mol. The van der Waals surface area contributed by atoms with Crippen LogP contribution in [0.5, 0.6) is 11.5 Å². The van der Waals surface area contributed by atoms with Crippen molar-refractivity contribution in [3.8, 4) is 11.5 Å². The van der Waals surface area contributed by atoms with Gasteiger partial charge in [-0.1, -0.05) is 17.7 Å². The number of benzene rings is 2. The van der Waals surface area contributed by atoms with Gasteiger partial charge in [0.15, 0.2) is 11.5 Å². The predicted molar refractivity (Wildman–Crippen MR) is 120 cm³/mol. The first-order valence-electron chi connectivity index (χ1n) is 10.5. The minimum Gasteiger partial charge on any atom is -0.454 e. The summed E-state index contributed by atoms with van der Waals surface area (Å²) in [6.07, 6.45) is 2.37. The number of rotatable bonds is 7. The average Bonchev–Trinajstić information content (AvgIpc) is 3.48. The molecule has 0 bridgehead atoms. The molecule has 5 rings (SSSR count). The summed E-state index contributed by atoms with van der Waals surface area (Å²) in [5.41, 5.74) is 2.74. The van der Waals surface area contributed by atoms with E-state index in [1.54, 1.807) is 18.2 Å². The van der Waals surface area contributed by atoms with Crippen molar-refractivity contribution in [3.05, 3.63) is 58.7 Å². The Morgan fingerprint density at radius 2 is 2.00 bits per heavy atom. The van der Waals surface area contributed by atoms with Crippen molar-refractivity contribution in [2.45, 2.75) is 25.4 Å². The van der Waals surface area contributed by atoms with Gasteiger partial charge in [-0.05, 0) is 47.9 Å². The summed E-state index contributed by atoms with van der Waals surface area (Å²) in [6, 6.07) is 9.43. The van der Waals surface area contributed by atoms with E-state index in [1.165, 1.54) is 0 Å². The first-order valence-corrected chi connectivity index (χ1v) is 10.9. The number of carbonyl (C=O) groups excluding carboxylic acids is 3. The van der Waals surface area contributed by atoms with Gasteiger partial charge < -0.3 is 25.1 Å². The molecule has 0 saturated carbocycles. The maximum atomic E-state index is 12.7. The van der Waals surface area contributed by atoms with E-state index >= 15 is 0 Å². The summed E-state index contributed by atoms with van der Waals surface area (Å²) in [4.78, 5) is 41.7. The molecule has 4 amide bonds. The summed E-state index contributed by atoms with van der Waals surface area (Å²) < 4.78 is 10.6. The fraction of sp³-hybridized carbons (Fsp3) is 0.261. The highest BCUT2D eigenvalue weighted by Gasteiger charge is 2.39. The van der Waals surface area contributed by atoms with Gasteiger partial charge in [-0.2, -0.15) is 0 Å². The maximum Gasteiger partial charge on any atom is 0.325 e. The van der Waals surface area contributed by atoms with Crippen molar-refractivity contribution in [1.82, 2.24) is 20.5 Å². The Kier molecular flexibility index (Phi) is 5.55. The Morgan fingerprint density at radius 1 is 1.15 bits per heavy atom. The van der Waals surface area contributed by atoms with Crippen LogP contribution in [0.15, 0.2) is 42.6 Å². The Labute approximate surface area is 194 Å². The van der Waals surface area contributed by atoms with E-state index in [-0.39, 0.29) is 25.7 Å². The van der Waals surface area contributed by atoms with Crippen LogP contribution in [0.3, 0.4) is 0 Å². The topological polar surface area (TPSA) is 113 Å². The maximum absolute atomic E-state index is 12.7. The van der Waals surface area contributed by atoms with Crippen LogP contribution >= 0.6 is 11.6 Å². The minimum absolute atomic E-state index is 0.0859.